The Morgan fingerprint density at radius 3 is 2.67 bits per heavy atom. The summed E-state index contributed by atoms with van der Waals surface area (Å²) in [6.45, 7) is 1.85. The van der Waals surface area contributed by atoms with Crippen molar-refractivity contribution in [3.63, 3.8) is 0 Å². The van der Waals surface area contributed by atoms with E-state index >= 15 is 0 Å². The van der Waals surface area contributed by atoms with E-state index < -0.39 is 0 Å². The third-order valence-electron chi connectivity index (χ3n) is 4.32. The number of urea groups is 1. The first kappa shape index (κ1) is 18.1. The Balaban J connectivity index is 1.71. The summed E-state index contributed by atoms with van der Waals surface area (Å²) in [6.07, 6.45) is 3.41. The molecule has 1 aromatic carbocycles. The fourth-order valence-electron chi connectivity index (χ4n) is 2.96. The molecule has 1 atom stereocenters. The van der Waals surface area contributed by atoms with Crippen LogP contribution in [-0.4, -0.2) is 60.6 Å². The van der Waals surface area contributed by atoms with E-state index in [0.717, 1.165) is 37.8 Å². The summed E-state index contributed by atoms with van der Waals surface area (Å²) >= 11 is 0. The van der Waals surface area contributed by atoms with E-state index in [1.165, 1.54) is 0 Å². The number of piperidine rings is 1. The number of carbonyl (C=O) groups excluding carboxylic acids is 2. The molecule has 2 N–H and O–H groups in total. The van der Waals surface area contributed by atoms with Crippen LogP contribution in [0.15, 0.2) is 24.3 Å². The number of rotatable bonds is 5. The van der Waals surface area contributed by atoms with E-state index in [1.807, 2.05) is 12.1 Å². The lowest BCUT2D eigenvalue weighted by molar-refractivity contribution is -0.126. The number of nitrogens with one attached hydrogen (secondary N) is 1. The largest absolute Gasteiger partial charge is 0.508 e. The van der Waals surface area contributed by atoms with Crippen LogP contribution in [0.3, 0.4) is 0 Å². The van der Waals surface area contributed by atoms with E-state index in [9.17, 15) is 14.7 Å². The van der Waals surface area contributed by atoms with Gasteiger partial charge in [0.15, 0.2) is 0 Å². The van der Waals surface area contributed by atoms with Crippen LogP contribution in [0.1, 0.15) is 24.8 Å². The highest BCUT2D eigenvalue weighted by atomic mass is 16.3. The summed E-state index contributed by atoms with van der Waals surface area (Å²) in [5.74, 6) is 0.189. The van der Waals surface area contributed by atoms with Crippen LogP contribution < -0.4 is 5.32 Å². The van der Waals surface area contributed by atoms with Crippen LogP contribution in [0, 0.1) is 5.92 Å². The molecular weight excluding hydrogens is 306 g/mol. The van der Waals surface area contributed by atoms with Crippen molar-refractivity contribution in [1.82, 2.24) is 15.1 Å². The first-order valence-corrected chi connectivity index (χ1v) is 8.49. The van der Waals surface area contributed by atoms with Crippen LogP contribution in [0.25, 0.3) is 0 Å². The normalized spacial score (nSPS) is 17.4. The summed E-state index contributed by atoms with van der Waals surface area (Å²) in [5.41, 5.74) is 1.14. The third-order valence-corrected chi connectivity index (χ3v) is 4.32. The summed E-state index contributed by atoms with van der Waals surface area (Å²) < 4.78 is 0. The molecule has 1 aliphatic rings. The van der Waals surface area contributed by atoms with Crippen molar-refractivity contribution >= 4 is 11.9 Å². The number of phenols is 1. The molecule has 0 radical (unpaired) electrons. The predicted octanol–water partition coefficient (Wildman–Crippen LogP) is 1.83. The maximum absolute atomic E-state index is 12.3. The number of aryl methyl sites for hydroxylation is 1. The molecule has 2 rings (SSSR count). The molecule has 1 aromatic rings. The Hall–Kier alpha value is -2.24. The Bertz CT molecular complexity index is 557. The molecule has 1 saturated heterocycles. The van der Waals surface area contributed by atoms with Crippen molar-refractivity contribution in [2.45, 2.75) is 25.7 Å². The average Bonchev–Trinajstić information content (AvgIpc) is 2.59. The lowest BCUT2D eigenvalue weighted by atomic mass is 9.97. The number of hydrogen-bond acceptors (Lipinski definition) is 3. The van der Waals surface area contributed by atoms with Gasteiger partial charge in [-0.3, -0.25) is 4.79 Å². The number of hydrogen-bond donors (Lipinski definition) is 2. The first-order chi connectivity index (χ1) is 11.5. The van der Waals surface area contributed by atoms with Crippen molar-refractivity contribution < 1.29 is 14.7 Å². The molecule has 0 spiro atoms. The van der Waals surface area contributed by atoms with Gasteiger partial charge in [-0.05, 0) is 43.4 Å². The minimum absolute atomic E-state index is 0.0279. The van der Waals surface area contributed by atoms with E-state index in [-0.39, 0.29) is 23.6 Å². The first-order valence-electron chi connectivity index (χ1n) is 8.49. The molecule has 6 heteroatoms. The van der Waals surface area contributed by atoms with Gasteiger partial charge in [-0.1, -0.05) is 12.1 Å². The van der Waals surface area contributed by atoms with E-state index in [2.05, 4.69) is 5.32 Å². The monoisotopic (exact) mass is 333 g/mol. The van der Waals surface area contributed by atoms with Crippen molar-refractivity contribution in [2.75, 3.05) is 33.7 Å². The van der Waals surface area contributed by atoms with Gasteiger partial charge in [0.25, 0.3) is 0 Å². The maximum atomic E-state index is 12.3. The third kappa shape index (κ3) is 5.15. The Morgan fingerprint density at radius 2 is 2.00 bits per heavy atom. The molecule has 0 aromatic heterocycles. The molecule has 6 nitrogen and oxygen atoms in total. The van der Waals surface area contributed by atoms with Crippen LogP contribution in [0.5, 0.6) is 5.75 Å². The van der Waals surface area contributed by atoms with Gasteiger partial charge in [-0.25, -0.2) is 4.79 Å². The molecule has 132 valence electrons. The second kappa shape index (κ2) is 8.57. The quantitative estimate of drug-likeness (QED) is 0.808. The minimum atomic E-state index is -0.115. The highest BCUT2D eigenvalue weighted by Gasteiger charge is 2.28. The highest BCUT2D eigenvalue weighted by Crippen LogP contribution is 2.17. The second-order valence-electron chi connectivity index (χ2n) is 6.52. The van der Waals surface area contributed by atoms with Gasteiger partial charge >= 0.3 is 6.03 Å². The molecule has 24 heavy (non-hydrogen) atoms. The van der Waals surface area contributed by atoms with E-state index in [0.29, 0.717) is 13.1 Å². The zero-order chi connectivity index (χ0) is 17.5. The smallest absolute Gasteiger partial charge is 0.319 e. The van der Waals surface area contributed by atoms with Gasteiger partial charge in [0.05, 0.1) is 5.92 Å². The molecular formula is C18H27N3O3. The van der Waals surface area contributed by atoms with Crippen LogP contribution in [0.2, 0.25) is 0 Å². The summed E-state index contributed by atoms with van der Waals surface area (Å²) in [5, 5.41) is 12.2. The molecule has 0 aliphatic carbocycles. The van der Waals surface area contributed by atoms with Gasteiger partial charge in [0, 0.05) is 33.7 Å². The predicted molar refractivity (Wildman–Crippen MR) is 92.8 cm³/mol. The number of amides is 3. The Labute approximate surface area is 143 Å². The van der Waals surface area contributed by atoms with E-state index in [4.69, 9.17) is 0 Å². The standard InChI is InChI=1S/C18H27N3O3/c1-20(2)18(24)21-12-4-6-15(13-21)17(23)19-11-3-5-14-7-9-16(22)10-8-14/h7-10,15,22H,3-6,11-13H2,1-2H3,(H,19,23)/t15-/m0/s1. The fourth-order valence-corrected chi connectivity index (χ4v) is 2.96. The zero-order valence-electron chi connectivity index (χ0n) is 14.5. The molecule has 3 amide bonds. The van der Waals surface area contributed by atoms with Crippen LogP contribution in [-0.2, 0) is 11.2 Å². The zero-order valence-corrected chi connectivity index (χ0v) is 14.5. The summed E-state index contributed by atoms with van der Waals surface area (Å²) in [6, 6.07) is 7.10. The topological polar surface area (TPSA) is 72.9 Å². The molecule has 1 heterocycles. The van der Waals surface area contributed by atoms with Gasteiger partial charge in [-0.15, -0.1) is 0 Å². The highest BCUT2D eigenvalue weighted by molar-refractivity contribution is 5.80. The number of phenolic OH excluding ortho intramolecular Hbond substituents is 1. The summed E-state index contributed by atoms with van der Waals surface area (Å²) in [4.78, 5) is 27.6. The van der Waals surface area contributed by atoms with Gasteiger partial charge in [0.2, 0.25) is 5.91 Å². The minimum Gasteiger partial charge on any atom is -0.508 e. The van der Waals surface area contributed by atoms with Crippen molar-refractivity contribution in [3.8, 4) is 5.75 Å². The number of carbonyl (C=O) groups is 2. The molecule has 0 unspecified atom stereocenters. The number of benzene rings is 1. The van der Waals surface area contributed by atoms with Gasteiger partial charge in [0.1, 0.15) is 5.75 Å². The van der Waals surface area contributed by atoms with Gasteiger partial charge in [-0.2, -0.15) is 0 Å². The van der Waals surface area contributed by atoms with Crippen molar-refractivity contribution in [2.24, 2.45) is 5.92 Å². The fraction of sp³-hybridized carbons (Fsp3) is 0.556. The molecule has 1 fully saturated rings. The van der Waals surface area contributed by atoms with Gasteiger partial charge < -0.3 is 20.2 Å². The molecule has 0 saturated carbocycles. The van der Waals surface area contributed by atoms with Crippen molar-refractivity contribution in [3.05, 3.63) is 29.8 Å². The number of aromatic hydroxyl groups is 1. The Kier molecular flexibility index (Phi) is 6.46. The van der Waals surface area contributed by atoms with E-state index in [1.54, 1.807) is 36.0 Å². The maximum Gasteiger partial charge on any atom is 0.319 e. The molecule has 1 aliphatic heterocycles. The second-order valence-corrected chi connectivity index (χ2v) is 6.52. The average molecular weight is 333 g/mol. The summed E-state index contributed by atoms with van der Waals surface area (Å²) in [7, 11) is 3.46. The number of likely N-dealkylation sites (tertiary alicyclic amines) is 1. The SMILES string of the molecule is CN(C)C(=O)N1CCC[C@H](C(=O)NCCCc2ccc(O)cc2)C1. The number of nitrogens with zero attached hydrogens (tertiary/aromatic N) is 2. The Morgan fingerprint density at radius 1 is 1.29 bits per heavy atom. The lowest BCUT2D eigenvalue weighted by Crippen LogP contribution is -2.48. The van der Waals surface area contributed by atoms with Crippen LogP contribution >= 0.6 is 0 Å². The molecule has 0 bridgehead atoms. The van der Waals surface area contributed by atoms with Crippen LogP contribution in [0.4, 0.5) is 4.79 Å². The van der Waals surface area contributed by atoms with Crippen molar-refractivity contribution in [1.29, 1.82) is 0 Å². The lowest BCUT2D eigenvalue weighted by Gasteiger charge is -2.33.